The summed E-state index contributed by atoms with van der Waals surface area (Å²) in [6.07, 6.45) is 0. The van der Waals surface area contributed by atoms with E-state index in [1.54, 1.807) is 0 Å². The Bertz CT molecular complexity index is 973. The molecule has 0 aliphatic heterocycles. The second-order valence-electron chi connectivity index (χ2n) is 3.95. The van der Waals surface area contributed by atoms with Crippen LogP contribution in [-0.2, 0) is 20.2 Å². The topological polar surface area (TPSA) is 196 Å². The summed E-state index contributed by atoms with van der Waals surface area (Å²) in [7, 11) is -9.95. The predicted molar refractivity (Wildman–Crippen MR) is 70.6 cm³/mol. The molecule has 120 valence electrons. The standard InChI is InChI=1S/C10H7NO8S2.2Na.H2O/c12-10-8(21(17,18)19)4-5-3-6(20(14,15)16)1-2-7(5)9(10)11-13;;;/h1-4,12H,(H,14,15,16)(H,17,18,19);;;1H2/q;2*+1;/p-2. The number of hydrogen-bond acceptors (Lipinski definition) is 9. The molecule has 10 nitrogen and oxygen atoms in total. The Morgan fingerprint density at radius 2 is 1.50 bits per heavy atom. The van der Waals surface area contributed by atoms with Crippen LogP contribution in [0.4, 0.5) is 5.69 Å². The van der Waals surface area contributed by atoms with Crippen LogP contribution in [0.15, 0.2) is 39.2 Å². The Balaban J connectivity index is 0. The van der Waals surface area contributed by atoms with E-state index in [0.717, 1.165) is 18.2 Å². The van der Waals surface area contributed by atoms with E-state index in [1.165, 1.54) is 0 Å². The van der Waals surface area contributed by atoms with Gasteiger partial charge in [0.1, 0.15) is 20.2 Å². The van der Waals surface area contributed by atoms with Gasteiger partial charge in [0.15, 0.2) is 11.4 Å². The third-order valence-corrected chi connectivity index (χ3v) is 4.35. The summed E-state index contributed by atoms with van der Waals surface area (Å²) >= 11 is 0. The molecule has 0 bridgehead atoms. The van der Waals surface area contributed by atoms with Crippen molar-refractivity contribution in [2.75, 3.05) is 0 Å². The molecule has 0 aliphatic carbocycles. The molecule has 0 saturated heterocycles. The number of phenolic OH excluding ortho intramolecular Hbond substituents is 1. The molecule has 0 saturated carbocycles. The van der Waals surface area contributed by atoms with Crippen molar-refractivity contribution in [3.63, 3.8) is 0 Å². The van der Waals surface area contributed by atoms with Crippen molar-refractivity contribution < 1.29 is 95.6 Å². The minimum absolute atomic E-state index is 0. The molecule has 0 heterocycles. The first kappa shape index (κ1) is 26.1. The number of hydrogen-bond donors (Lipinski definition) is 1. The smallest absolute Gasteiger partial charge is 0.744 e. The fourth-order valence-electron chi connectivity index (χ4n) is 1.77. The molecule has 0 fully saturated rings. The van der Waals surface area contributed by atoms with E-state index >= 15 is 0 Å². The zero-order valence-corrected chi connectivity index (χ0v) is 18.0. The number of benzene rings is 2. The second-order valence-corrected chi connectivity index (χ2v) is 6.68. The Morgan fingerprint density at radius 3 is 1.92 bits per heavy atom. The van der Waals surface area contributed by atoms with Crippen LogP contribution < -0.4 is 59.1 Å². The summed E-state index contributed by atoms with van der Waals surface area (Å²) in [4.78, 5) is 8.89. The molecule has 0 atom stereocenters. The molecule has 0 unspecified atom stereocenters. The van der Waals surface area contributed by atoms with Crippen molar-refractivity contribution in [2.45, 2.75) is 9.79 Å². The van der Waals surface area contributed by atoms with Crippen LogP contribution in [0.2, 0.25) is 0 Å². The van der Waals surface area contributed by atoms with Crippen LogP contribution >= 0.6 is 0 Å². The van der Waals surface area contributed by atoms with Gasteiger partial charge in [0, 0.05) is 5.39 Å². The van der Waals surface area contributed by atoms with Crippen molar-refractivity contribution in [2.24, 2.45) is 5.18 Å². The Labute approximate surface area is 180 Å². The summed E-state index contributed by atoms with van der Waals surface area (Å²) in [5.41, 5.74) is -0.739. The second kappa shape index (κ2) is 9.00. The van der Waals surface area contributed by atoms with Gasteiger partial charge in [-0.15, -0.1) is 4.91 Å². The van der Waals surface area contributed by atoms with E-state index in [2.05, 4.69) is 5.18 Å². The van der Waals surface area contributed by atoms with Gasteiger partial charge in [0.05, 0.1) is 9.79 Å². The summed E-state index contributed by atoms with van der Waals surface area (Å²) in [5, 5.41) is 11.7. The maximum Gasteiger partial charge on any atom is 1.00 e. The van der Waals surface area contributed by atoms with Gasteiger partial charge in [-0.25, -0.2) is 16.8 Å². The largest absolute Gasteiger partial charge is 1.00 e. The maximum atomic E-state index is 11.0. The number of nitrogens with zero attached hydrogens (tertiary/aromatic N) is 1. The van der Waals surface area contributed by atoms with Crippen molar-refractivity contribution in [1.29, 1.82) is 0 Å². The molecule has 0 amide bonds. The molecule has 0 radical (unpaired) electrons. The van der Waals surface area contributed by atoms with E-state index in [9.17, 15) is 36.0 Å². The van der Waals surface area contributed by atoms with Crippen molar-refractivity contribution >= 4 is 36.7 Å². The monoisotopic (exact) mass is 395 g/mol. The van der Waals surface area contributed by atoms with Crippen molar-refractivity contribution in [3.05, 3.63) is 29.2 Å². The average Bonchev–Trinajstić information content (AvgIpc) is 2.35. The van der Waals surface area contributed by atoms with E-state index in [0.29, 0.717) is 6.07 Å². The van der Waals surface area contributed by atoms with Gasteiger partial charge in [0.2, 0.25) is 0 Å². The van der Waals surface area contributed by atoms with Crippen LogP contribution in [0.1, 0.15) is 0 Å². The molecule has 3 N–H and O–H groups in total. The molecule has 0 spiro atoms. The van der Waals surface area contributed by atoms with E-state index in [4.69, 9.17) is 0 Å². The predicted octanol–water partition coefficient (Wildman–Crippen LogP) is -6.07. The minimum Gasteiger partial charge on any atom is -0.744 e. The first-order chi connectivity index (χ1) is 9.55. The Hall–Kier alpha value is -0.120. The van der Waals surface area contributed by atoms with E-state index < -0.39 is 41.5 Å². The summed E-state index contributed by atoms with van der Waals surface area (Å²) in [6.45, 7) is 0. The SMILES string of the molecule is O.O=Nc1c(O)c(S(=O)(=O)[O-])cc2cc(S(=O)(=O)[O-])ccc12.[Na+].[Na+]. The van der Waals surface area contributed by atoms with E-state index in [-0.39, 0.29) is 75.4 Å². The quantitative estimate of drug-likeness (QED) is 0.301. The zero-order chi connectivity index (χ0) is 16.0. The van der Waals surface area contributed by atoms with Gasteiger partial charge in [-0.3, -0.25) is 0 Å². The van der Waals surface area contributed by atoms with Crippen LogP contribution in [0, 0.1) is 4.91 Å². The van der Waals surface area contributed by atoms with Gasteiger partial charge in [-0.1, -0.05) is 6.07 Å². The molecule has 2 aromatic rings. The van der Waals surface area contributed by atoms with Gasteiger partial charge >= 0.3 is 59.1 Å². The minimum atomic E-state index is -5.13. The van der Waals surface area contributed by atoms with Crippen LogP contribution in [0.25, 0.3) is 10.8 Å². The number of aromatic hydroxyl groups is 1. The number of phenols is 1. The first-order valence-corrected chi connectivity index (χ1v) is 7.92. The van der Waals surface area contributed by atoms with Crippen molar-refractivity contribution in [1.82, 2.24) is 0 Å². The molecular weight excluding hydrogens is 388 g/mol. The average molecular weight is 395 g/mol. The maximum absolute atomic E-state index is 11.0. The molecule has 0 aromatic heterocycles. The van der Waals surface area contributed by atoms with Gasteiger partial charge in [-0.05, 0) is 28.8 Å². The molecule has 24 heavy (non-hydrogen) atoms. The van der Waals surface area contributed by atoms with Crippen molar-refractivity contribution in [3.8, 4) is 5.75 Å². The number of nitroso groups, excluding NO2 is 1. The van der Waals surface area contributed by atoms with Gasteiger partial charge < -0.3 is 19.7 Å². The molecule has 2 aromatic carbocycles. The van der Waals surface area contributed by atoms with E-state index in [1.807, 2.05) is 0 Å². The Kier molecular flexibility index (Phi) is 9.80. The molecule has 2 rings (SSSR count). The van der Waals surface area contributed by atoms with Crippen LogP contribution in [0.5, 0.6) is 5.75 Å². The Morgan fingerprint density at radius 1 is 0.958 bits per heavy atom. The van der Waals surface area contributed by atoms with Crippen LogP contribution in [-0.4, -0.2) is 36.5 Å². The number of fused-ring (bicyclic) bond motifs is 1. The summed E-state index contributed by atoms with van der Waals surface area (Å²) in [5.74, 6) is -1.13. The molecule has 0 aliphatic rings. The fraction of sp³-hybridized carbons (Fsp3) is 0. The van der Waals surface area contributed by atoms with Gasteiger partial charge in [0.25, 0.3) is 0 Å². The fourth-order valence-corrected chi connectivity index (χ4v) is 2.88. The molecular formula is C10H7NNa2O9S2. The zero-order valence-electron chi connectivity index (χ0n) is 12.4. The number of rotatable bonds is 3. The normalized spacial score (nSPS) is 10.9. The first-order valence-electron chi connectivity index (χ1n) is 5.10. The molecule has 14 heteroatoms. The summed E-state index contributed by atoms with van der Waals surface area (Å²) < 4.78 is 65.8. The third-order valence-electron chi connectivity index (χ3n) is 2.67. The van der Waals surface area contributed by atoms with Gasteiger partial charge in [-0.2, -0.15) is 0 Å². The third kappa shape index (κ3) is 5.19. The summed E-state index contributed by atoms with van der Waals surface area (Å²) in [6, 6.07) is 3.30. The van der Waals surface area contributed by atoms with Crippen LogP contribution in [0.3, 0.4) is 0 Å².